The van der Waals surface area contributed by atoms with E-state index >= 15 is 0 Å². The van der Waals surface area contributed by atoms with E-state index < -0.39 is 0 Å². The van der Waals surface area contributed by atoms with Crippen LogP contribution < -0.4 is 0 Å². The molecule has 0 aromatic carbocycles. The average molecular weight is 417 g/mol. The van der Waals surface area contributed by atoms with Gasteiger partial charge in [-0.1, -0.05) is 121 Å². The van der Waals surface area contributed by atoms with Crippen LogP contribution in [0.2, 0.25) is 0 Å². The summed E-state index contributed by atoms with van der Waals surface area (Å²) < 4.78 is 0.314. The molecule has 1 saturated heterocycles. The van der Waals surface area contributed by atoms with Gasteiger partial charge in [0.15, 0.2) is 0 Å². The summed E-state index contributed by atoms with van der Waals surface area (Å²) >= 11 is 2.28. The highest BCUT2D eigenvalue weighted by Crippen LogP contribution is 2.83. The zero-order valence-corrected chi connectivity index (χ0v) is 23.0. The van der Waals surface area contributed by atoms with Crippen molar-refractivity contribution in [3.8, 4) is 0 Å². The zero-order chi connectivity index (χ0) is 22.8. The van der Waals surface area contributed by atoms with Gasteiger partial charge in [-0.3, -0.25) is 0 Å². The maximum Gasteiger partial charge on any atom is 0.0430 e. The van der Waals surface area contributed by atoms with Gasteiger partial charge in [-0.15, -0.1) is 11.8 Å². The second kappa shape index (κ2) is 5.79. The molecule has 2 aliphatic carbocycles. The Morgan fingerprint density at radius 3 is 1.38 bits per heavy atom. The molecule has 3 unspecified atom stereocenters. The maximum atomic E-state index is 2.70. The largest absolute Gasteiger partial charge is 0.143 e. The average Bonchev–Trinajstić information content (AvgIpc) is 3.10. The molecule has 166 valence electrons. The summed E-state index contributed by atoms with van der Waals surface area (Å²) in [6.45, 7) is 36.9. The van der Waals surface area contributed by atoms with E-state index in [1.54, 1.807) is 11.1 Å². The van der Waals surface area contributed by atoms with Crippen molar-refractivity contribution in [2.24, 2.45) is 38.4 Å². The summed E-state index contributed by atoms with van der Waals surface area (Å²) in [5.41, 5.74) is 6.80. The molecule has 0 nitrogen and oxygen atoms in total. The van der Waals surface area contributed by atoms with Gasteiger partial charge >= 0.3 is 0 Å². The lowest BCUT2D eigenvalue weighted by Gasteiger charge is -2.70. The van der Waals surface area contributed by atoms with Crippen molar-refractivity contribution in [1.82, 2.24) is 0 Å². The normalized spacial score (nSPS) is 32.3. The smallest absolute Gasteiger partial charge is 0.0430 e. The molecule has 0 saturated carbocycles. The standard InChI is InChI=1S/C28H48S/c1-22(2,3)17-16-27(24(7,8)9)19(17)18(20(27)23(4,5)6)21-28(29-21,25(10,11)12)26(13,14)15/h16,19,21H,1-15H3. The first-order valence-corrected chi connectivity index (χ1v) is 12.6. The maximum absolute atomic E-state index is 2.70. The summed E-state index contributed by atoms with van der Waals surface area (Å²) in [7, 11) is 0. The highest BCUT2D eigenvalue weighted by atomic mass is 32.2. The number of fused-ring (bicyclic) bond motifs is 1. The number of allylic oxidation sites excluding steroid dienone is 3. The summed E-state index contributed by atoms with van der Waals surface area (Å²) in [6, 6.07) is 0. The van der Waals surface area contributed by atoms with Gasteiger partial charge in [-0.2, -0.15) is 0 Å². The van der Waals surface area contributed by atoms with E-state index in [-0.39, 0.29) is 32.5 Å². The Bertz CT molecular complexity index is 757. The zero-order valence-electron chi connectivity index (χ0n) is 22.1. The highest BCUT2D eigenvalue weighted by molar-refractivity contribution is 8.09. The van der Waals surface area contributed by atoms with Crippen LogP contribution in [0, 0.1) is 38.4 Å². The molecule has 3 aliphatic rings. The molecule has 0 aromatic rings. The van der Waals surface area contributed by atoms with Crippen molar-refractivity contribution in [3.63, 3.8) is 0 Å². The second-order valence-corrected chi connectivity index (χ2v) is 16.6. The topological polar surface area (TPSA) is 0 Å². The lowest BCUT2D eigenvalue weighted by Crippen LogP contribution is -2.63. The fraction of sp³-hybridized carbons (Fsp3) is 0.857. The summed E-state index contributed by atoms with van der Waals surface area (Å²) in [4.78, 5) is 0. The third-order valence-corrected chi connectivity index (χ3v) is 10.6. The molecule has 29 heavy (non-hydrogen) atoms. The second-order valence-electron chi connectivity index (χ2n) is 15.2. The highest BCUT2D eigenvalue weighted by Gasteiger charge is 2.76. The van der Waals surface area contributed by atoms with Gasteiger partial charge in [-0.25, -0.2) is 0 Å². The van der Waals surface area contributed by atoms with E-state index in [1.807, 2.05) is 5.57 Å². The van der Waals surface area contributed by atoms with Crippen LogP contribution >= 0.6 is 11.8 Å². The monoisotopic (exact) mass is 416 g/mol. The number of hydrogen-bond donors (Lipinski definition) is 0. The van der Waals surface area contributed by atoms with Crippen LogP contribution in [0.25, 0.3) is 0 Å². The van der Waals surface area contributed by atoms with Crippen molar-refractivity contribution in [1.29, 1.82) is 0 Å². The van der Waals surface area contributed by atoms with Crippen LogP contribution in [0.15, 0.2) is 22.8 Å². The molecular weight excluding hydrogens is 368 g/mol. The summed E-state index contributed by atoms with van der Waals surface area (Å²) in [6.07, 6.45) is 2.70. The predicted octanol–water partition coefficient (Wildman–Crippen LogP) is 8.92. The van der Waals surface area contributed by atoms with Crippen molar-refractivity contribution >= 4 is 11.8 Å². The summed E-state index contributed by atoms with van der Waals surface area (Å²) in [5.74, 6) is 0.640. The van der Waals surface area contributed by atoms with Crippen LogP contribution in [0.1, 0.15) is 104 Å². The van der Waals surface area contributed by atoms with Gasteiger partial charge in [0.05, 0.1) is 0 Å². The molecule has 1 heterocycles. The fourth-order valence-electron chi connectivity index (χ4n) is 7.21. The van der Waals surface area contributed by atoms with Crippen LogP contribution in [-0.2, 0) is 0 Å². The van der Waals surface area contributed by atoms with E-state index in [0.717, 1.165) is 0 Å². The van der Waals surface area contributed by atoms with E-state index in [0.29, 0.717) is 15.9 Å². The molecule has 0 bridgehead atoms. The van der Waals surface area contributed by atoms with Gasteiger partial charge in [0.2, 0.25) is 0 Å². The first-order valence-electron chi connectivity index (χ1n) is 11.7. The van der Waals surface area contributed by atoms with Crippen LogP contribution in [-0.4, -0.2) is 10.00 Å². The molecule has 3 atom stereocenters. The molecule has 0 amide bonds. The van der Waals surface area contributed by atoms with Crippen LogP contribution in [0.3, 0.4) is 0 Å². The molecule has 3 rings (SSSR count). The first-order chi connectivity index (χ1) is 12.6. The lowest BCUT2D eigenvalue weighted by atomic mass is 9.33. The summed E-state index contributed by atoms with van der Waals surface area (Å²) in [5, 5.41) is 0.656. The molecular formula is C28H48S. The van der Waals surface area contributed by atoms with E-state index in [9.17, 15) is 0 Å². The lowest BCUT2D eigenvalue weighted by molar-refractivity contribution is 0.0323. The molecule has 0 aromatic heterocycles. The minimum atomic E-state index is 0.212. The van der Waals surface area contributed by atoms with Gasteiger partial charge in [0.25, 0.3) is 0 Å². The van der Waals surface area contributed by atoms with E-state index in [1.165, 1.54) is 0 Å². The van der Waals surface area contributed by atoms with Gasteiger partial charge in [0.1, 0.15) is 0 Å². The minimum Gasteiger partial charge on any atom is -0.143 e. The Morgan fingerprint density at radius 1 is 0.655 bits per heavy atom. The third-order valence-electron chi connectivity index (χ3n) is 8.15. The molecule has 0 radical (unpaired) electrons. The Hall–Kier alpha value is -0.170. The van der Waals surface area contributed by atoms with Gasteiger partial charge in [-0.05, 0) is 32.6 Å². The molecule has 0 N–H and O–H groups in total. The molecule has 1 heteroatoms. The molecule has 1 fully saturated rings. The van der Waals surface area contributed by atoms with E-state index in [2.05, 4.69) is 122 Å². The third kappa shape index (κ3) is 2.84. The number of rotatable bonds is 1. The van der Waals surface area contributed by atoms with Gasteiger partial charge < -0.3 is 0 Å². The first kappa shape index (κ1) is 23.5. The fourth-order valence-corrected chi connectivity index (χ4v) is 9.43. The quantitative estimate of drug-likeness (QED) is 0.303. The van der Waals surface area contributed by atoms with E-state index in [4.69, 9.17) is 0 Å². The van der Waals surface area contributed by atoms with Crippen molar-refractivity contribution in [3.05, 3.63) is 22.8 Å². The van der Waals surface area contributed by atoms with Crippen LogP contribution in [0.5, 0.6) is 0 Å². The Kier molecular flexibility index (Phi) is 4.69. The van der Waals surface area contributed by atoms with Gasteiger partial charge in [0, 0.05) is 21.3 Å². The van der Waals surface area contributed by atoms with Crippen molar-refractivity contribution in [2.75, 3.05) is 0 Å². The molecule has 1 aliphatic heterocycles. The SMILES string of the molecule is CC(C)(C)C1=CC2(C(C)(C)C)C(C(C)(C)C)=C(C3SC3(C(C)(C)C)C(C)(C)C)C12. The van der Waals surface area contributed by atoms with Crippen LogP contribution in [0.4, 0.5) is 0 Å². The molecule has 0 spiro atoms. The Labute approximate surface area is 186 Å². The Balaban J connectivity index is 2.24. The number of thioether (sulfide) groups is 1. The minimum absolute atomic E-state index is 0.212. The number of hydrogen-bond acceptors (Lipinski definition) is 1. The predicted molar refractivity (Wildman–Crippen MR) is 132 cm³/mol. The van der Waals surface area contributed by atoms with Crippen molar-refractivity contribution < 1.29 is 0 Å². The Morgan fingerprint density at radius 2 is 1.10 bits per heavy atom. The van der Waals surface area contributed by atoms with Crippen molar-refractivity contribution in [2.45, 2.75) is 114 Å².